The number of carbonyl (C=O) groups is 1. The molecule has 1 aromatic rings. The maximum atomic E-state index is 11.6. The van der Waals surface area contributed by atoms with E-state index in [0.717, 1.165) is 0 Å². The van der Waals surface area contributed by atoms with Crippen LogP contribution in [-0.4, -0.2) is 56.6 Å². The molecule has 0 saturated carbocycles. The van der Waals surface area contributed by atoms with Crippen LogP contribution in [0.15, 0.2) is 18.3 Å². The van der Waals surface area contributed by atoms with E-state index in [-0.39, 0.29) is 18.2 Å². The Morgan fingerprint density at radius 3 is 2.70 bits per heavy atom. The van der Waals surface area contributed by atoms with Gasteiger partial charge in [-0.15, -0.1) is 0 Å². The number of aromatic nitrogens is 1. The molecule has 0 radical (unpaired) electrons. The second kappa shape index (κ2) is 7.20. The maximum absolute atomic E-state index is 11.6. The summed E-state index contributed by atoms with van der Waals surface area (Å²) in [5.74, 6) is -0.268. The van der Waals surface area contributed by atoms with E-state index in [1.165, 1.54) is 24.6 Å². The number of hydrogen-bond acceptors (Lipinski definition) is 5. The van der Waals surface area contributed by atoms with Crippen molar-refractivity contribution in [3.63, 3.8) is 0 Å². The average molecular weight is 300 g/mol. The second-order valence-electron chi connectivity index (χ2n) is 4.31. The molecule has 2 N–H and O–H groups in total. The highest BCUT2D eigenvalue weighted by atomic mass is 32.2. The number of rotatable bonds is 7. The van der Waals surface area contributed by atoms with Crippen LogP contribution in [0.5, 0.6) is 0 Å². The van der Waals surface area contributed by atoms with Gasteiger partial charge in [0.25, 0.3) is 5.91 Å². The summed E-state index contributed by atoms with van der Waals surface area (Å²) in [6, 6.07) is 3.28. The van der Waals surface area contributed by atoms with Gasteiger partial charge in [-0.05, 0) is 19.1 Å². The predicted molar refractivity (Wildman–Crippen MR) is 78.2 cm³/mol. The molecule has 0 aromatic carbocycles. The summed E-state index contributed by atoms with van der Waals surface area (Å²) in [5, 5.41) is 5.62. The van der Waals surface area contributed by atoms with Crippen molar-refractivity contribution in [3.8, 4) is 0 Å². The van der Waals surface area contributed by atoms with E-state index in [0.29, 0.717) is 17.9 Å². The number of nitrogens with zero attached hydrogens (tertiary/aromatic N) is 2. The lowest BCUT2D eigenvalue weighted by molar-refractivity contribution is 0.0951. The molecular weight excluding hydrogens is 280 g/mol. The summed E-state index contributed by atoms with van der Waals surface area (Å²) in [6.45, 7) is 2.62. The molecule has 1 amide bonds. The van der Waals surface area contributed by atoms with Gasteiger partial charge in [0.2, 0.25) is 10.0 Å². The molecule has 0 aliphatic carbocycles. The van der Waals surface area contributed by atoms with Crippen LogP contribution >= 0.6 is 0 Å². The lowest BCUT2D eigenvalue weighted by Gasteiger charge is -2.12. The summed E-state index contributed by atoms with van der Waals surface area (Å²) < 4.78 is 24.4. The lowest BCUT2D eigenvalue weighted by Crippen LogP contribution is -2.28. The van der Waals surface area contributed by atoms with E-state index >= 15 is 0 Å². The molecule has 1 rings (SSSR count). The van der Waals surface area contributed by atoms with E-state index in [4.69, 9.17) is 0 Å². The zero-order chi connectivity index (χ0) is 15.2. The van der Waals surface area contributed by atoms with Gasteiger partial charge in [0.1, 0.15) is 5.69 Å². The Hall–Kier alpha value is -1.67. The van der Waals surface area contributed by atoms with Gasteiger partial charge in [-0.1, -0.05) is 0 Å². The number of amides is 1. The molecule has 112 valence electrons. The van der Waals surface area contributed by atoms with Gasteiger partial charge >= 0.3 is 0 Å². The summed E-state index contributed by atoms with van der Waals surface area (Å²) in [7, 11) is -0.237. The van der Waals surface area contributed by atoms with Crippen molar-refractivity contribution >= 4 is 21.6 Å². The van der Waals surface area contributed by atoms with Gasteiger partial charge in [-0.2, -0.15) is 0 Å². The molecule has 0 bridgehead atoms. The molecule has 1 aromatic heterocycles. The fourth-order valence-corrected chi connectivity index (χ4v) is 2.15. The molecule has 0 aliphatic rings. The van der Waals surface area contributed by atoms with Crippen LogP contribution in [0.2, 0.25) is 0 Å². The van der Waals surface area contributed by atoms with Crippen LogP contribution in [0.4, 0.5) is 5.69 Å². The first-order valence-electron chi connectivity index (χ1n) is 6.25. The Balaban J connectivity index is 2.61. The quantitative estimate of drug-likeness (QED) is 0.747. The molecule has 20 heavy (non-hydrogen) atoms. The van der Waals surface area contributed by atoms with Crippen LogP contribution in [0.1, 0.15) is 17.4 Å². The van der Waals surface area contributed by atoms with Crippen LogP contribution in [-0.2, 0) is 10.0 Å². The highest BCUT2D eigenvalue weighted by Gasteiger charge is 2.13. The number of anilines is 1. The lowest BCUT2D eigenvalue weighted by atomic mass is 10.3. The van der Waals surface area contributed by atoms with Gasteiger partial charge in [-0.25, -0.2) is 12.7 Å². The van der Waals surface area contributed by atoms with Crippen LogP contribution in [0, 0.1) is 0 Å². The van der Waals surface area contributed by atoms with Crippen LogP contribution < -0.4 is 10.6 Å². The first kappa shape index (κ1) is 16.4. The third-order valence-corrected chi connectivity index (χ3v) is 4.41. The van der Waals surface area contributed by atoms with E-state index in [2.05, 4.69) is 15.6 Å². The van der Waals surface area contributed by atoms with E-state index in [1.807, 2.05) is 6.92 Å². The molecule has 0 saturated heterocycles. The molecule has 7 nitrogen and oxygen atoms in total. The molecule has 0 fully saturated rings. The number of hydrogen-bond donors (Lipinski definition) is 2. The Morgan fingerprint density at radius 1 is 1.40 bits per heavy atom. The zero-order valence-corrected chi connectivity index (χ0v) is 12.7. The van der Waals surface area contributed by atoms with Crippen molar-refractivity contribution in [1.29, 1.82) is 0 Å². The fraction of sp³-hybridized carbons (Fsp3) is 0.500. The Morgan fingerprint density at radius 2 is 2.10 bits per heavy atom. The Labute approximate surface area is 119 Å². The minimum absolute atomic E-state index is 0.0151. The highest BCUT2D eigenvalue weighted by Crippen LogP contribution is 2.08. The minimum atomic E-state index is -3.23. The Kier molecular flexibility index (Phi) is 5.90. The topological polar surface area (TPSA) is 91.4 Å². The molecule has 0 spiro atoms. The average Bonchev–Trinajstić information content (AvgIpc) is 2.39. The van der Waals surface area contributed by atoms with Gasteiger partial charge in [0, 0.05) is 39.1 Å². The van der Waals surface area contributed by atoms with Crippen molar-refractivity contribution in [2.24, 2.45) is 0 Å². The minimum Gasteiger partial charge on any atom is -0.384 e. The number of nitrogens with one attached hydrogen (secondary N) is 2. The maximum Gasteiger partial charge on any atom is 0.269 e. The SMILES string of the molecule is CCNC(=O)c1cc(NCCS(=O)(=O)N(C)C)ccn1. The standard InChI is InChI=1S/C12H20N4O3S/c1-4-13-12(17)11-9-10(5-6-15-11)14-7-8-20(18,19)16(2)3/h5-6,9H,4,7-8H2,1-3H3,(H,13,17)(H,14,15). The molecular formula is C12H20N4O3S. The fourth-order valence-electron chi connectivity index (χ4n) is 1.42. The summed E-state index contributed by atoms with van der Waals surface area (Å²) >= 11 is 0. The van der Waals surface area contributed by atoms with Gasteiger partial charge in [0.05, 0.1) is 5.75 Å². The molecule has 0 atom stereocenters. The molecule has 0 unspecified atom stereocenters. The number of sulfonamides is 1. The number of pyridine rings is 1. The van der Waals surface area contributed by atoms with Crippen molar-refractivity contribution in [1.82, 2.24) is 14.6 Å². The highest BCUT2D eigenvalue weighted by molar-refractivity contribution is 7.89. The normalized spacial score (nSPS) is 11.4. The zero-order valence-electron chi connectivity index (χ0n) is 11.9. The third kappa shape index (κ3) is 4.78. The summed E-state index contributed by atoms with van der Waals surface area (Å²) in [6.07, 6.45) is 1.51. The second-order valence-corrected chi connectivity index (χ2v) is 6.62. The number of carbonyl (C=O) groups excluding carboxylic acids is 1. The summed E-state index contributed by atoms with van der Waals surface area (Å²) in [5.41, 5.74) is 0.961. The van der Waals surface area contributed by atoms with Crippen LogP contribution in [0.3, 0.4) is 0 Å². The van der Waals surface area contributed by atoms with Gasteiger partial charge in [0.15, 0.2) is 0 Å². The molecule has 8 heteroatoms. The van der Waals surface area contributed by atoms with Crippen LogP contribution in [0.25, 0.3) is 0 Å². The predicted octanol–water partition coefficient (Wildman–Crippen LogP) is 0.135. The van der Waals surface area contributed by atoms with E-state index in [9.17, 15) is 13.2 Å². The third-order valence-electron chi connectivity index (χ3n) is 2.58. The van der Waals surface area contributed by atoms with E-state index in [1.54, 1.807) is 12.1 Å². The van der Waals surface area contributed by atoms with Crippen molar-refractivity contribution in [2.75, 3.05) is 38.3 Å². The van der Waals surface area contributed by atoms with Gasteiger partial charge < -0.3 is 10.6 Å². The monoisotopic (exact) mass is 300 g/mol. The van der Waals surface area contributed by atoms with E-state index < -0.39 is 10.0 Å². The first-order chi connectivity index (χ1) is 9.36. The van der Waals surface area contributed by atoms with Crippen molar-refractivity contribution < 1.29 is 13.2 Å². The Bertz CT molecular complexity index is 558. The van der Waals surface area contributed by atoms with Gasteiger partial charge in [-0.3, -0.25) is 9.78 Å². The van der Waals surface area contributed by atoms with Crippen molar-refractivity contribution in [3.05, 3.63) is 24.0 Å². The smallest absolute Gasteiger partial charge is 0.269 e. The van der Waals surface area contributed by atoms with Crippen molar-refractivity contribution in [2.45, 2.75) is 6.92 Å². The molecule has 1 heterocycles. The molecule has 0 aliphatic heterocycles. The summed E-state index contributed by atoms with van der Waals surface area (Å²) in [4.78, 5) is 15.6. The first-order valence-corrected chi connectivity index (χ1v) is 7.86. The largest absolute Gasteiger partial charge is 0.384 e.